The fraction of sp³-hybridized carbons (Fsp3) is 0.417. The summed E-state index contributed by atoms with van der Waals surface area (Å²) >= 11 is 2.18. The summed E-state index contributed by atoms with van der Waals surface area (Å²) in [6.45, 7) is 1.32. The zero-order valence-electron chi connectivity index (χ0n) is 8.90. The van der Waals surface area contributed by atoms with Gasteiger partial charge in [-0.1, -0.05) is 12.1 Å². The van der Waals surface area contributed by atoms with Gasteiger partial charge in [-0.2, -0.15) is 0 Å². The molecule has 1 N–H and O–H groups in total. The molecule has 1 saturated heterocycles. The van der Waals surface area contributed by atoms with Crippen molar-refractivity contribution in [3.63, 3.8) is 0 Å². The lowest BCUT2D eigenvalue weighted by atomic mass is 10.1. The summed E-state index contributed by atoms with van der Waals surface area (Å²) in [6, 6.07) is 7.61. The van der Waals surface area contributed by atoms with Gasteiger partial charge in [-0.3, -0.25) is 4.79 Å². The van der Waals surface area contributed by atoms with Gasteiger partial charge in [0.05, 0.1) is 11.7 Å². The van der Waals surface area contributed by atoms with Crippen molar-refractivity contribution in [3.05, 3.63) is 33.4 Å². The summed E-state index contributed by atoms with van der Waals surface area (Å²) in [5, 5.41) is 9.39. The normalized spacial score (nSPS) is 17.5. The molecule has 3 nitrogen and oxygen atoms in total. The van der Waals surface area contributed by atoms with Crippen LogP contribution in [0.5, 0.6) is 0 Å². The number of halogens is 1. The number of aliphatic hydroxyl groups is 1. The predicted octanol–water partition coefficient (Wildman–Crippen LogP) is 1.89. The molecule has 0 aliphatic carbocycles. The molecule has 2 rings (SSSR count). The number of rotatable bonds is 1. The summed E-state index contributed by atoms with van der Waals surface area (Å²) < 4.78 is 0.983. The van der Waals surface area contributed by atoms with Crippen LogP contribution in [0.1, 0.15) is 23.2 Å². The van der Waals surface area contributed by atoms with E-state index in [0.29, 0.717) is 25.9 Å². The third kappa shape index (κ3) is 2.55. The molecule has 86 valence electrons. The Hall–Kier alpha value is -0.620. The second-order valence-corrected chi connectivity index (χ2v) is 5.17. The van der Waals surface area contributed by atoms with Crippen LogP contribution in [0.3, 0.4) is 0 Å². The van der Waals surface area contributed by atoms with Crippen molar-refractivity contribution < 1.29 is 9.90 Å². The van der Waals surface area contributed by atoms with Gasteiger partial charge in [0.1, 0.15) is 0 Å². The lowest BCUT2D eigenvalue weighted by Gasteiger charge is -2.29. The quantitative estimate of drug-likeness (QED) is 0.799. The Morgan fingerprint density at radius 1 is 1.31 bits per heavy atom. The zero-order valence-corrected chi connectivity index (χ0v) is 11.1. The van der Waals surface area contributed by atoms with E-state index in [1.54, 1.807) is 0 Å². The van der Waals surface area contributed by atoms with Crippen LogP contribution in [-0.2, 0) is 0 Å². The molecule has 1 aromatic carbocycles. The molecule has 0 saturated carbocycles. The summed E-state index contributed by atoms with van der Waals surface area (Å²) in [7, 11) is 0. The molecular formula is C12H14INO2. The molecule has 0 bridgehead atoms. The largest absolute Gasteiger partial charge is 0.393 e. The number of hydrogen-bond acceptors (Lipinski definition) is 2. The molecule has 0 spiro atoms. The fourth-order valence-electron chi connectivity index (χ4n) is 1.87. The van der Waals surface area contributed by atoms with E-state index in [1.165, 1.54) is 0 Å². The van der Waals surface area contributed by atoms with Gasteiger partial charge in [-0.05, 0) is 47.6 Å². The van der Waals surface area contributed by atoms with Crippen molar-refractivity contribution in [2.75, 3.05) is 13.1 Å². The Kier molecular flexibility index (Phi) is 3.81. The first-order chi connectivity index (χ1) is 7.68. The van der Waals surface area contributed by atoms with Gasteiger partial charge in [0.25, 0.3) is 5.91 Å². The number of carbonyl (C=O) groups is 1. The van der Waals surface area contributed by atoms with Gasteiger partial charge in [0.15, 0.2) is 0 Å². The monoisotopic (exact) mass is 331 g/mol. The van der Waals surface area contributed by atoms with Gasteiger partial charge in [-0.25, -0.2) is 0 Å². The van der Waals surface area contributed by atoms with Gasteiger partial charge in [0, 0.05) is 16.7 Å². The number of piperidine rings is 1. The highest BCUT2D eigenvalue weighted by Gasteiger charge is 2.23. The van der Waals surface area contributed by atoms with Crippen molar-refractivity contribution >= 4 is 28.5 Å². The molecule has 0 aromatic heterocycles. The third-order valence-corrected chi connectivity index (χ3v) is 3.80. The van der Waals surface area contributed by atoms with E-state index in [0.717, 1.165) is 9.13 Å². The summed E-state index contributed by atoms with van der Waals surface area (Å²) in [5.41, 5.74) is 0.763. The van der Waals surface area contributed by atoms with Gasteiger partial charge < -0.3 is 10.0 Å². The van der Waals surface area contributed by atoms with Crippen LogP contribution >= 0.6 is 22.6 Å². The molecule has 1 heterocycles. The van der Waals surface area contributed by atoms with E-state index in [4.69, 9.17) is 0 Å². The minimum absolute atomic E-state index is 0.0805. The van der Waals surface area contributed by atoms with E-state index in [1.807, 2.05) is 29.2 Å². The Morgan fingerprint density at radius 2 is 1.94 bits per heavy atom. The Balaban J connectivity index is 2.11. The maximum Gasteiger partial charge on any atom is 0.254 e. The van der Waals surface area contributed by atoms with Gasteiger partial charge in [-0.15, -0.1) is 0 Å². The number of likely N-dealkylation sites (tertiary alicyclic amines) is 1. The molecule has 1 aliphatic heterocycles. The molecule has 1 amide bonds. The molecule has 1 fully saturated rings. The predicted molar refractivity (Wildman–Crippen MR) is 70.3 cm³/mol. The lowest BCUT2D eigenvalue weighted by Crippen LogP contribution is -2.40. The number of carbonyl (C=O) groups excluding carboxylic acids is 1. The molecule has 16 heavy (non-hydrogen) atoms. The molecule has 0 unspecified atom stereocenters. The molecule has 0 radical (unpaired) electrons. The number of aliphatic hydroxyl groups excluding tert-OH is 1. The number of benzene rings is 1. The minimum atomic E-state index is -0.237. The smallest absolute Gasteiger partial charge is 0.254 e. The molecular weight excluding hydrogens is 317 g/mol. The standard InChI is InChI=1S/C12H14INO2/c13-11-4-2-1-3-10(11)12(16)14-7-5-9(15)6-8-14/h1-4,9,15H,5-8H2. The van der Waals surface area contributed by atoms with Gasteiger partial charge in [0.2, 0.25) is 0 Å². The van der Waals surface area contributed by atoms with Crippen molar-refractivity contribution in [2.24, 2.45) is 0 Å². The highest BCUT2D eigenvalue weighted by atomic mass is 127. The summed E-state index contributed by atoms with van der Waals surface area (Å²) in [5.74, 6) is 0.0805. The highest BCUT2D eigenvalue weighted by Crippen LogP contribution is 2.17. The van der Waals surface area contributed by atoms with Crippen molar-refractivity contribution in [2.45, 2.75) is 18.9 Å². The van der Waals surface area contributed by atoms with E-state index >= 15 is 0 Å². The minimum Gasteiger partial charge on any atom is -0.393 e. The summed E-state index contributed by atoms with van der Waals surface area (Å²) in [6.07, 6.45) is 1.14. The van der Waals surface area contributed by atoms with Crippen LogP contribution in [-0.4, -0.2) is 35.1 Å². The first-order valence-electron chi connectivity index (χ1n) is 5.40. The van der Waals surface area contributed by atoms with Crippen molar-refractivity contribution in [1.82, 2.24) is 4.90 Å². The average Bonchev–Trinajstić information content (AvgIpc) is 2.30. The maximum atomic E-state index is 12.2. The molecule has 0 atom stereocenters. The topological polar surface area (TPSA) is 40.5 Å². The fourth-order valence-corrected chi connectivity index (χ4v) is 2.49. The van der Waals surface area contributed by atoms with Crippen molar-refractivity contribution in [3.8, 4) is 0 Å². The SMILES string of the molecule is O=C(c1ccccc1I)N1CCC(O)CC1. The Labute approximate surface area is 109 Å². The van der Waals surface area contributed by atoms with E-state index in [-0.39, 0.29) is 12.0 Å². The van der Waals surface area contributed by atoms with E-state index in [2.05, 4.69) is 22.6 Å². The molecule has 1 aliphatic rings. The summed E-state index contributed by atoms with van der Waals surface area (Å²) in [4.78, 5) is 14.0. The second kappa shape index (κ2) is 5.14. The second-order valence-electron chi connectivity index (χ2n) is 4.00. The maximum absolute atomic E-state index is 12.2. The average molecular weight is 331 g/mol. The van der Waals surface area contributed by atoms with Crippen LogP contribution < -0.4 is 0 Å². The number of amides is 1. The van der Waals surface area contributed by atoms with Gasteiger partial charge >= 0.3 is 0 Å². The molecule has 4 heteroatoms. The first kappa shape index (κ1) is 11.9. The van der Waals surface area contributed by atoms with E-state index < -0.39 is 0 Å². The van der Waals surface area contributed by atoms with Crippen LogP contribution in [0.15, 0.2) is 24.3 Å². The number of hydrogen-bond donors (Lipinski definition) is 1. The van der Waals surface area contributed by atoms with Crippen LogP contribution in [0, 0.1) is 3.57 Å². The van der Waals surface area contributed by atoms with Crippen LogP contribution in [0.2, 0.25) is 0 Å². The lowest BCUT2D eigenvalue weighted by molar-refractivity contribution is 0.0545. The first-order valence-corrected chi connectivity index (χ1v) is 6.48. The zero-order chi connectivity index (χ0) is 11.5. The Bertz CT molecular complexity index is 386. The third-order valence-electron chi connectivity index (χ3n) is 2.86. The van der Waals surface area contributed by atoms with Crippen molar-refractivity contribution in [1.29, 1.82) is 0 Å². The highest BCUT2D eigenvalue weighted by molar-refractivity contribution is 14.1. The van der Waals surface area contributed by atoms with Crippen LogP contribution in [0.4, 0.5) is 0 Å². The molecule has 1 aromatic rings. The van der Waals surface area contributed by atoms with Crippen LogP contribution in [0.25, 0.3) is 0 Å². The Morgan fingerprint density at radius 3 is 2.56 bits per heavy atom. The number of nitrogens with zero attached hydrogens (tertiary/aromatic N) is 1. The van der Waals surface area contributed by atoms with E-state index in [9.17, 15) is 9.90 Å².